The Bertz CT molecular complexity index is 741. The fourth-order valence-electron chi connectivity index (χ4n) is 3.56. The highest BCUT2D eigenvalue weighted by Crippen LogP contribution is 2.23. The second-order valence-electron chi connectivity index (χ2n) is 6.85. The Morgan fingerprint density at radius 3 is 2.60 bits per heavy atom. The number of nitrogens with zero attached hydrogens (tertiary/aromatic N) is 2. The van der Waals surface area contributed by atoms with Crippen molar-refractivity contribution in [2.75, 3.05) is 32.8 Å². The van der Waals surface area contributed by atoms with Crippen molar-refractivity contribution in [3.8, 4) is 0 Å². The van der Waals surface area contributed by atoms with Crippen molar-refractivity contribution in [3.05, 3.63) is 29.3 Å². The first-order chi connectivity index (χ1) is 11.9. The number of hydrogen-bond acceptors (Lipinski definition) is 4. The van der Waals surface area contributed by atoms with E-state index in [1.807, 2.05) is 26.0 Å². The molecule has 1 amide bonds. The first-order valence-corrected chi connectivity index (χ1v) is 10.3. The van der Waals surface area contributed by atoms with Crippen LogP contribution in [0.4, 0.5) is 0 Å². The summed E-state index contributed by atoms with van der Waals surface area (Å²) in [5.74, 6) is 0.00302. The van der Waals surface area contributed by atoms with Gasteiger partial charge >= 0.3 is 0 Å². The molecule has 0 N–H and O–H groups in total. The van der Waals surface area contributed by atoms with E-state index in [1.54, 1.807) is 11.0 Å². The molecule has 1 unspecified atom stereocenters. The molecule has 0 bridgehead atoms. The number of sulfonamides is 1. The van der Waals surface area contributed by atoms with E-state index in [-0.39, 0.29) is 12.0 Å². The van der Waals surface area contributed by atoms with Gasteiger partial charge in [0.2, 0.25) is 10.0 Å². The normalized spacial score (nSPS) is 22.8. The molecule has 7 heteroatoms. The van der Waals surface area contributed by atoms with Crippen LogP contribution in [0.25, 0.3) is 0 Å². The number of carbonyl (C=O) groups excluding carboxylic acids is 1. The minimum atomic E-state index is -3.54. The van der Waals surface area contributed by atoms with Crippen molar-refractivity contribution in [3.63, 3.8) is 0 Å². The third-order valence-electron chi connectivity index (χ3n) is 4.92. The second kappa shape index (κ2) is 7.43. The molecule has 2 aliphatic heterocycles. The van der Waals surface area contributed by atoms with Crippen molar-refractivity contribution in [2.45, 2.75) is 44.1 Å². The fraction of sp³-hybridized carbons (Fsp3) is 0.611. The Kier molecular flexibility index (Phi) is 5.46. The van der Waals surface area contributed by atoms with Gasteiger partial charge in [-0.25, -0.2) is 8.42 Å². The monoisotopic (exact) mass is 366 g/mol. The molecule has 138 valence electrons. The highest BCUT2D eigenvalue weighted by Gasteiger charge is 2.32. The minimum absolute atomic E-state index is 0.00302. The number of ether oxygens (including phenoxy) is 1. The summed E-state index contributed by atoms with van der Waals surface area (Å²) in [4.78, 5) is 14.6. The lowest BCUT2D eigenvalue weighted by Crippen LogP contribution is -2.41. The highest BCUT2D eigenvalue weighted by molar-refractivity contribution is 7.89. The van der Waals surface area contributed by atoms with Gasteiger partial charge in [0.25, 0.3) is 5.91 Å². The van der Waals surface area contributed by atoms with Crippen molar-refractivity contribution in [2.24, 2.45) is 0 Å². The lowest BCUT2D eigenvalue weighted by atomic mass is 10.2. The molecule has 2 heterocycles. The van der Waals surface area contributed by atoms with E-state index < -0.39 is 10.0 Å². The maximum absolute atomic E-state index is 13.0. The summed E-state index contributed by atoms with van der Waals surface area (Å²) >= 11 is 0. The molecule has 2 saturated heterocycles. The molecule has 0 radical (unpaired) electrons. The van der Waals surface area contributed by atoms with Crippen LogP contribution in [-0.4, -0.2) is 62.4 Å². The number of hydrogen-bond donors (Lipinski definition) is 0. The number of rotatable bonds is 3. The van der Waals surface area contributed by atoms with Crippen molar-refractivity contribution >= 4 is 15.9 Å². The van der Waals surface area contributed by atoms with E-state index in [2.05, 4.69) is 0 Å². The van der Waals surface area contributed by atoms with Crippen molar-refractivity contribution in [1.29, 1.82) is 0 Å². The van der Waals surface area contributed by atoms with Crippen LogP contribution in [0.1, 0.15) is 30.4 Å². The van der Waals surface area contributed by atoms with Gasteiger partial charge in [-0.1, -0.05) is 17.7 Å². The zero-order valence-corrected chi connectivity index (χ0v) is 15.7. The molecule has 1 aromatic carbocycles. The average Bonchev–Trinajstić information content (AvgIpc) is 2.97. The summed E-state index contributed by atoms with van der Waals surface area (Å²) < 4.78 is 33.0. The van der Waals surface area contributed by atoms with Crippen LogP contribution < -0.4 is 0 Å². The van der Waals surface area contributed by atoms with Gasteiger partial charge in [0, 0.05) is 32.8 Å². The molecule has 1 atom stereocenters. The van der Waals surface area contributed by atoms with Gasteiger partial charge in [-0.2, -0.15) is 4.31 Å². The van der Waals surface area contributed by atoms with Crippen molar-refractivity contribution in [1.82, 2.24) is 9.21 Å². The molecule has 25 heavy (non-hydrogen) atoms. The van der Waals surface area contributed by atoms with Gasteiger partial charge in [-0.15, -0.1) is 0 Å². The van der Waals surface area contributed by atoms with Gasteiger partial charge < -0.3 is 9.64 Å². The molecule has 2 aliphatic rings. The van der Waals surface area contributed by atoms with Crippen LogP contribution in [-0.2, 0) is 19.6 Å². The number of amides is 1. The quantitative estimate of drug-likeness (QED) is 0.817. The third-order valence-corrected chi connectivity index (χ3v) is 6.98. The molecular weight excluding hydrogens is 340 g/mol. The summed E-state index contributed by atoms with van der Waals surface area (Å²) in [6.07, 6.45) is 1.97. The molecular formula is C18H26N2O4S. The Morgan fingerprint density at radius 2 is 1.92 bits per heavy atom. The molecule has 0 aromatic heterocycles. The van der Waals surface area contributed by atoms with Gasteiger partial charge in [-0.05, 0) is 44.7 Å². The highest BCUT2D eigenvalue weighted by atomic mass is 32.2. The predicted molar refractivity (Wildman–Crippen MR) is 94.8 cm³/mol. The fourth-order valence-corrected chi connectivity index (χ4v) is 5.23. The first kappa shape index (κ1) is 18.4. The Balaban J connectivity index is 1.72. The van der Waals surface area contributed by atoms with E-state index in [4.69, 9.17) is 4.74 Å². The lowest BCUT2D eigenvalue weighted by molar-refractivity contribution is -0.140. The molecule has 6 nitrogen and oxygen atoms in total. The Morgan fingerprint density at radius 1 is 1.12 bits per heavy atom. The summed E-state index contributed by atoms with van der Waals surface area (Å²) in [6, 6.07) is 5.39. The SMILES string of the molecule is Cc1ccc(S(=O)(=O)N2CCCN(C(=O)C3CCCO3)CC2)c(C)c1. The Labute approximate surface area is 149 Å². The standard InChI is InChI=1S/C18H26N2O4S/c1-14-6-7-17(15(2)13-14)25(22,23)20-9-4-8-19(10-11-20)18(21)16-5-3-12-24-16/h6-7,13,16H,3-5,8-12H2,1-2H3. The van der Waals surface area contributed by atoms with E-state index >= 15 is 0 Å². The van der Waals surface area contributed by atoms with Gasteiger partial charge in [0.1, 0.15) is 6.10 Å². The molecule has 1 aromatic rings. The predicted octanol–water partition coefficient (Wildman–Crippen LogP) is 1.71. The molecule has 0 saturated carbocycles. The van der Waals surface area contributed by atoms with Gasteiger partial charge in [-0.3, -0.25) is 4.79 Å². The zero-order chi connectivity index (χ0) is 18.0. The van der Waals surface area contributed by atoms with E-state index in [0.29, 0.717) is 44.1 Å². The lowest BCUT2D eigenvalue weighted by Gasteiger charge is -2.24. The van der Waals surface area contributed by atoms with Crippen LogP contribution in [0, 0.1) is 13.8 Å². The third kappa shape index (κ3) is 3.88. The van der Waals surface area contributed by atoms with E-state index in [0.717, 1.165) is 24.0 Å². The number of benzene rings is 1. The minimum Gasteiger partial charge on any atom is -0.368 e. The maximum Gasteiger partial charge on any atom is 0.251 e. The maximum atomic E-state index is 13.0. The number of aryl methyl sites for hydroxylation is 2. The van der Waals surface area contributed by atoms with Crippen LogP contribution in [0.2, 0.25) is 0 Å². The summed E-state index contributed by atoms with van der Waals surface area (Å²) in [5.41, 5.74) is 1.80. The topological polar surface area (TPSA) is 66.9 Å². The summed E-state index contributed by atoms with van der Waals surface area (Å²) in [6.45, 7) is 6.17. The second-order valence-corrected chi connectivity index (χ2v) is 8.76. The molecule has 0 aliphatic carbocycles. The molecule has 2 fully saturated rings. The summed E-state index contributed by atoms with van der Waals surface area (Å²) in [5, 5.41) is 0. The smallest absolute Gasteiger partial charge is 0.251 e. The average molecular weight is 366 g/mol. The van der Waals surface area contributed by atoms with Crippen LogP contribution in [0.3, 0.4) is 0 Å². The zero-order valence-electron chi connectivity index (χ0n) is 14.9. The Hall–Kier alpha value is -1.44. The van der Waals surface area contributed by atoms with Gasteiger partial charge in [0.15, 0.2) is 0 Å². The summed E-state index contributed by atoms with van der Waals surface area (Å²) in [7, 11) is -3.54. The van der Waals surface area contributed by atoms with Gasteiger partial charge in [0.05, 0.1) is 4.90 Å². The number of carbonyl (C=O) groups is 1. The first-order valence-electron chi connectivity index (χ1n) is 8.87. The van der Waals surface area contributed by atoms with Crippen molar-refractivity contribution < 1.29 is 17.9 Å². The van der Waals surface area contributed by atoms with Crippen LogP contribution in [0.5, 0.6) is 0 Å². The van der Waals surface area contributed by atoms with E-state index in [1.165, 1.54) is 4.31 Å². The van der Waals surface area contributed by atoms with Crippen LogP contribution >= 0.6 is 0 Å². The largest absolute Gasteiger partial charge is 0.368 e. The van der Waals surface area contributed by atoms with Crippen LogP contribution in [0.15, 0.2) is 23.1 Å². The molecule has 3 rings (SSSR count). The molecule has 0 spiro atoms. The van der Waals surface area contributed by atoms with E-state index in [9.17, 15) is 13.2 Å².